The van der Waals surface area contributed by atoms with E-state index in [2.05, 4.69) is 19.9 Å². The molecule has 3 aliphatic rings. The predicted molar refractivity (Wildman–Crippen MR) is 138 cm³/mol. The number of nitrogens with two attached hydrogens (primary N) is 2. The number of methoxy groups -OCH3 is 1. The number of benzene rings is 1. The Hall–Kier alpha value is -4.04. The molecule has 5 heterocycles. The van der Waals surface area contributed by atoms with Crippen molar-refractivity contribution in [2.45, 2.75) is 43.5 Å². The van der Waals surface area contributed by atoms with E-state index in [1.807, 2.05) is 4.90 Å². The number of anilines is 2. The number of rotatable bonds is 7. The minimum Gasteiger partial charge on any atom is -0.494 e. The Morgan fingerprint density at radius 2 is 1.90 bits per heavy atom. The van der Waals surface area contributed by atoms with E-state index in [0.717, 1.165) is 12.1 Å². The molecule has 4 aromatic rings. The highest BCUT2D eigenvalue weighted by molar-refractivity contribution is 5.81. The van der Waals surface area contributed by atoms with Crippen LogP contribution in [0.4, 0.5) is 29.1 Å². The van der Waals surface area contributed by atoms with Crippen LogP contribution in [0.15, 0.2) is 37.1 Å². The van der Waals surface area contributed by atoms with Crippen molar-refractivity contribution in [2.75, 3.05) is 24.3 Å². The van der Waals surface area contributed by atoms with Crippen LogP contribution in [-0.4, -0.2) is 67.4 Å². The first-order valence-corrected chi connectivity index (χ1v) is 12.6. The van der Waals surface area contributed by atoms with Gasteiger partial charge in [0.1, 0.15) is 23.8 Å². The molecule has 7 rings (SSSR count). The Morgan fingerprint density at radius 1 is 1.12 bits per heavy atom. The maximum Gasteiger partial charge on any atom is 0.265 e. The number of aliphatic hydroxyl groups excluding tert-OH is 1. The quantitative estimate of drug-likeness (QED) is 0.292. The number of ether oxygens (including phenoxy) is 1. The van der Waals surface area contributed by atoms with Crippen LogP contribution in [0.5, 0.6) is 5.75 Å². The van der Waals surface area contributed by atoms with E-state index in [0.29, 0.717) is 35.3 Å². The van der Waals surface area contributed by atoms with Gasteiger partial charge >= 0.3 is 0 Å². The van der Waals surface area contributed by atoms with Gasteiger partial charge in [0.25, 0.3) is 6.43 Å². The highest BCUT2D eigenvalue weighted by Gasteiger charge is 2.57. The standard InChI is InChI=1S/C26H26F4N8O2/c1-40-20-6-16(27)15(5-17(20)28)18-2-12(8-37-11-36-21-24(31)34-10-35-25(21)37)19(7-33-18)38-9-26(32,22(39)23(29)30)13-3-14(38)4-13/h2,5-7,10-11,13-14,22-23,39H,3-4,8-9,32H2,1H3,(H2,31,34,35)/t13?,14?,22-,26-/m1/s1. The Morgan fingerprint density at radius 3 is 2.62 bits per heavy atom. The molecule has 40 heavy (non-hydrogen) atoms. The molecule has 3 aromatic heterocycles. The maximum absolute atomic E-state index is 15.0. The number of nitrogens with zero attached hydrogens (tertiary/aromatic N) is 6. The van der Waals surface area contributed by atoms with E-state index in [1.165, 1.54) is 26.0 Å². The average molecular weight is 559 g/mol. The third kappa shape index (κ3) is 4.09. The van der Waals surface area contributed by atoms with Crippen LogP contribution < -0.4 is 21.1 Å². The second-order valence-corrected chi connectivity index (χ2v) is 10.3. The number of imidazole rings is 1. The molecule has 14 heteroatoms. The summed E-state index contributed by atoms with van der Waals surface area (Å²) in [4.78, 5) is 18.8. The Balaban J connectivity index is 1.46. The summed E-state index contributed by atoms with van der Waals surface area (Å²) in [5.41, 5.74) is 12.9. The maximum atomic E-state index is 15.0. The fourth-order valence-corrected chi connectivity index (χ4v) is 5.79. The van der Waals surface area contributed by atoms with Gasteiger partial charge in [-0.2, -0.15) is 0 Å². The fourth-order valence-electron chi connectivity index (χ4n) is 5.79. The highest BCUT2D eigenvalue weighted by atomic mass is 19.3. The zero-order valence-corrected chi connectivity index (χ0v) is 21.3. The summed E-state index contributed by atoms with van der Waals surface area (Å²) in [6.45, 7) is 0.118. The predicted octanol–water partition coefficient (Wildman–Crippen LogP) is 2.73. The Bertz CT molecular complexity index is 1590. The van der Waals surface area contributed by atoms with Crippen LogP contribution in [0, 0.1) is 17.6 Å². The van der Waals surface area contributed by atoms with Crippen molar-refractivity contribution < 1.29 is 27.4 Å². The van der Waals surface area contributed by atoms with E-state index < -0.39 is 29.7 Å². The number of hydrogen-bond donors (Lipinski definition) is 3. The molecule has 2 bridgehead atoms. The number of nitrogen functional groups attached to an aromatic ring is 1. The van der Waals surface area contributed by atoms with Crippen molar-refractivity contribution in [3.05, 3.63) is 54.2 Å². The molecule has 10 nitrogen and oxygen atoms in total. The van der Waals surface area contributed by atoms with E-state index in [-0.39, 0.29) is 47.9 Å². The van der Waals surface area contributed by atoms with E-state index in [9.17, 15) is 22.7 Å². The van der Waals surface area contributed by atoms with Crippen molar-refractivity contribution >= 4 is 22.7 Å². The monoisotopic (exact) mass is 558 g/mol. The zero-order valence-electron chi connectivity index (χ0n) is 21.3. The summed E-state index contributed by atoms with van der Waals surface area (Å²) in [7, 11) is 1.24. The van der Waals surface area contributed by atoms with Crippen LogP contribution in [0.2, 0.25) is 0 Å². The molecule has 0 amide bonds. The summed E-state index contributed by atoms with van der Waals surface area (Å²) < 4.78 is 63.3. The van der Waals surface area contributed by atoms with Crippen LogP contribution in [0.3, 0.4) is 0 Å². The summed E-state index contributed by atoms with van der Waals surface area (Å²) in [5, 5.41) is 10.3. The molecule has 2 aliphatic heterocycles. The number of aliphatic hydroxyl groups is 1. The second kappa shape index (κ2) is 9.55. The van der Waals surface area contributed by atoms with Crippen LogP contribution in [-0.2, 0) is 6.54 Å². The highest BCUT2D eigenvalue weighted by Crippen LogP contribution is 2.49. The van der Waals surface area contributed by atoms with Gasteiger partial charge in [-0.15, -0.1) is 0 Å². The van der Waals surface area contributed by atoms with Crippen molar-refractivity contribution in [3.63, 3.8) is 0 Å². The molecule has 210 valence electrons. The molecular formula is C26H26F4N8O2. The number of halogens is 4. The molecule has 1 aromatic carbocycles. The van der Waals surface area contributed by atoms with Crippen molar-refractivity contribution in [2.24, 2.45) is 11.7 Å². The van der Waals surface area contributed by atoms with Gasteiger partial charge in [0, 0.05) is 24.2 Å². The number of aromatic nitrogens is 5. The summed E-state index contributed by atoms with van der Waals surface area (Å²) >= 11 is 0. The summed E-state index contributed by atoms with van der Waals surface area (Å²) in [6, 6.07) is 3.53. The largest absolute Gasteiger partial charge is 0.494 e. The first-order valence-electron chi connectivity index (χ1n) is 12.6. The molecular weight excluding hydrogens is 532 g/mol. The number of alkyl halides is 2. The third-order valence-electron chi connectivity index (χ3n) is 8.11. The normalized spacial score (nSPS) is 22.9. The Labute approximate surface area is 225 Å². The number of pyridine rings is 1. The van der Waals surface area contributed by atoms with Gasteiger partial charge in [0.15, 0.2) is 23.0 Å². The molecule has 1 aliphatic carbocycles. The minimum atomic E-state index is -3.00. The molecule has 2 saturated heterocycles. The molecule has 5 N–H and O–H groups in total. The second-order valence-electron chi connectivity index (χ2n) is 10.3. The lowest BCUT2D eigenvalue weighted by Gasteiger charge is -2.60. The van der Waals surface area contributed by atoms with Gasteiger partial charge in [-0.05, 0) is 36.5 Å². The van der Waals surface area contributed by atoms with E-state index in [4.69, 9.17) is 16.2 Å². The molecule has 0 unspecified atom stereocenters. The van der Waals surface area contributed by atoms with Gasteiger partial charge in [0.2, 0.25) is 0 Å². The number of fused-ring (bicyclic) bond motifs is 3. The summed E-state index contributed by atoms with van der Waals surface area (Å²) in [6.07, 6.45) is 0.358. The molecule has 3 fully saturated rings. The fraction of sp³-hybridized carbons (Fsp3) is 0.385. The lowest BCUT2D eigenvalue weighted by molar-refractivity contribution is -0.0917. The SMILES string of the molecule is COc1cc(F)c(-c2cc(Cn3cnc4c(N)ncnc43)c(N3C[C@](N)([C@H](O)C(F)F)C4CC3C4)cn2)cc1F. The van der Waals surface area contributed by atoms with Gasteiger partial charge < -0.3 is 30.8 Å². The van der Waals surface area contributed by atoms with Gasteiger partial charge in [-0.1, -0.05) is 0 Å². The van der Waals surface area contributed by atoms with E-state index >= 15 is 0 Å². The van der Waals surface area contributed by atoms with Crippen LogP contribution in [0.1, 0.15) is 18.4 Å². The van der Waals surface area contributed by atoms with Crippen molar-refractivity contribution in [1.82, 2.24) is 24.5 Å². The molecule has 1 saturated carbocycles. The number of piperidine rings is 2. The minimum absolute atomic E-state index is 0.00869. The first kappa shape index (κ1) is 26.2. The van der Waals surface area contributed by atoms with Crippen LogP contribution >= 0.6 is 0 Å². The molecule has 2 atom stereocenters. The number of hydrogen-bond acceptors (Lipinski definition) is 9. The van der Waals surface area contributed by atoms with Gasteiger partial charge in [-0.3, -0.25) is 4.98 Å². The Kier molecular flexibility index (Phi) is 6.26. The van der Waals surface area contributed by atoms with Crippen molar-refractivity contribution in [1.29, 1.82) is 0 Å². The lowest BCUT2D eigenvalue weighted by Crippen LogP contribution is -2.75. The van der Waals surface area contributed by atoms with Gasteiger partial charge in [0.05, 0.1) is 43.1 Å². The zero-order chi connectivity index (χ0) is 28.3. The smallest absolute Gasteiger partial charge is 0.265 e. The average Bonchev–Trinajstić information content (AvgIpc) is 3.32. The molecule has 0 spiro atoms. The van der Waals surface area contributed by atoms with Crippen molar-refractivity contribution in [3.8, 4) is 17.0 Å². The summed E-state index contributed by atoms with van der Waals surface area (Å²) in [5.74, 6) is -1.80. The van der Waals surface area contributed by atoms with Crippen LogP contribution in [0.25, 0.3) is 22.4 Å². The first-order chi connectivity index (χ1) is 19.1. The lowest BCUT2D eigenvalue weighted by atomic mass is 9.61. The topological polar surface area (TPSA) is 141 Å². The van der Waals surface area contributed by atoms with E-state index in [1.54, 1.807) is 10.6 Å². The molecule has 0 radical (unpaired) electrons. The third-order valence-corrected chi connectivity index (χ3v) is 8.11. The van der Waals surface area contributed by atoms with Gasteiger partial charge in [-0.25, -0.2) is 32.5 Å².